The van der Waals surface area contributed by atoms with E-state index in [0.717, 1.165) is 36.2 Å². The first-order valence-electron chi connectivity index (χ1n) is 7.99. The van der Waals surface area contributed by atoms with Crippen LogP contribution in [0.3, 0.4) is 0 Å². The Bertz CT molecular complexity index is 853. The van der Waals surface area contributed by atoms with E-state index in [-0.39, 0.29) is 6.04 Å². The van der Waals surface area contributed by atoms with Gasteiger partial charge >= 0.3 is 6.03 Å². The number of carbonyl (C=O) groups is 1. The average molecular weight is 305 g/mol. The summed E-state index contributed by atoms with van der Waals surface area (Å²) in [5, 5.41) is 1.25. The Morgan fingerprint density at radius 2 is 1.83 bits per heavy atom. The van der Waals surface area contributed by atoms with Gasteiger partial charge in [-0.2, -0.15) is 0 Å². The summed E-state index contributed by atoms with van der Waals surface area (Å²) >= 11 is 0. The fourth-order valence-electron chi connectivity index (χ4n) is 3.70. The molecule has 1 aliphatic carbocycles. The minimum absolute atomic E-state index is 0.0361. The number of nitrogens with one attached hydrogen (secondary N) is 1. The van der Waals surface area contributed by atoms with E-state index in [0.29, 0.717) is 0 Å². The summed E-state index contributed by atoms with van der Waals surface area (Å²) in [5.74, 6) is 0. The van der Waals surface area contributed by atoms with Crippen molar-refractivity contribution in [3.63, 3.8) is 0 Å². The van der Waals surface area contributed by atoms with Gasteiger partial charge in [0.1, 0.15) is 0 Å². The lowest BCUT2D eigenvalue weighted by Gasteiger charge is -2.33. The van der Waals surface area contributed by atoms with E-state index in [9.17, 15) is 4.79 Å². The van der Waals surface area contributed by atoms with Gasteiger partial charge in [0.2, 0.25) is 0 Å². The summed E-state index contributed by atoms with van der Waals surface area (Å²) in [6, 6.07) is 17.5. The van der Waals surface area contributed by atoms with Crippen LogP contribution in [0.5, 0.6) is 0 Å². The number of nitrogens with two attached hydrogens (primary N) is 1. The van der Waals surface area contributed by atoms with Crippen LogP contribution in [0.2, 0.25) is 0 Å². The molecule has 0 saturated heterocycles. The number of anilines is 1. The average Bonchev–Trinajstić information content (AvgIpc) is 2.95. The lowest BCUT2D eigenvalue weighted by molar-refractivity contribution is 0.250. The molecule has 0 aliphatic heterocycles. The summed E-state index contributed by atoms with van der Waals surface area (Å²) in [5.41, 5.74) is 10.1. The lowest BCUT2D eigenvalue weighted by Crippen LogP contribution is -2.40. The van der Waals surface area contributed by atoms with E-state index >= 15 is 0 Å². The molecule has 1 heterocycles. The molecule has 4 heteroatoms. The van der Waals surface area contributed by atoms with Crippen LogP contribution in [-0.2, 0) is 6.42 Å². The smallest absolute Gasteiger partial charge is 0.319 e. The van der Waals surface area contributed by atoms with Crippen molar-refractivity contribution in [1.29, 1.82) is 0 Å². The molecule has 1 atom stereocenters. The second-order valence-corrected chi connectivity index (χ2v) is 6.01. The number of H-pyrrole nitrogens is 1. The van der Waals surface area contributed by atoms with Crippen molar-refractivity contribution in [2.24, 2.45) is 5.73 Å². The van der Waals surface area contributed by atoms with E-state index < -0.39 is 6.03 Å². The van der Waals surface area contributed by atoms with Gasteiger partial charge in [-0.3, -0.25) is 4.90 Å². The number of urea groups is 1. The molecule has 3 N–H and O–H groups in total. The van der Waals surface area contributed by atoms with E-state index in [1.165, 1.54) is 10.9 Å². The second kappa shape index (κ2) is 5.47. The molecular weight excluding hydrogens is 286 g/mol. The third kappa shape index (κ3) is 2.27. The number of aryl methyl sites for hydroxylation is 1. The largest absolute Gasteiger partial charge is 0.356 e. The number of fused-ring (bicyclic) bond motifs is 3. The summed E-state index contributed by atoms with van der Waals surface area (Å²) in [6.07, 6.45) is 3.00. The standard InChI is InChI=1S/C19H19N3O/c20-19(23)22(13-7-2-1-3-8-13)17-12-6-10-15-14-9-4-5-11-16(14)21-18(15)17/h1-5,7-9,11,17,21H,6,10,12H2,(H2,20,23). The van der Waals surface area contributed by atoms with Crippen molar-refractivity contribution in [1.82, 2.24) is 4.98 Å². The number of aromatic nitrogens is 1. The van der Waals surface area contributed by atoms with Gasteiger partial charge < -0.3 is 10.7 Å². The van der Waals surface area contributed by atoms with Gasteiger partial charge in [-0.15, -0.1) is 0 Å². The van der Waals surface area contributed by atoms with Crippen molar-refractivity contribution in [3.8, 4) is 0 Å². The van der Waals surface area contributed by atoms with E-state index in [4.69, 9.17) is 5.73 Å². The fourth-order valence-corrected chi connectivity index (χ4v) is 3.70. The summed E-state index contributed by atoms with van der Waals surface area (Å²) < 4.78 is 0. The van der Waals surface area contributed by atoms with Gasteiger partial charge in [-0.1, -0.05) is 36.4 Å². The molecule has 3 aromatic rings. The molecule has 0 bridgehead atoms. The summed E-state index contributed by atoms with van der Waals surface area (Å²) in [6.45, 7) is 0. The van der Waals surface area contributed by atoms with Crippen LogP contribution >= 0.6 is 0 Å². The first-order valence-corrected chi connectivity index (χ1v) is 7.99. The number of rotatable bonds is 2. The normalized spacial score (nSPS) is 17.0. The summed E-state index contributed by atoms with van der Waals surface area (Å²) in [7, 11) is 0. The van der Waals surface area contributed by atoms with E-state index in [1.807, 2.05) is 36.4 Å². The van der Waals surface area contributed by atoms with Gasteiger partial charge in [0.15, 0.2) is 0 Å². The molecule has 23 heavy (non-hydrogen) atoms. The molecule has 2 amide bonds. The number of carbonyl (C=O) groups excluding carboxylic acids is 1. The second-order valence-electron chi connectivity index (χ2n) is 6.01. The zero-order valence-electron chi connectivity index (χ0n) is 12.8. The number of amides is 2. The van der Waals surface area contributed by atoms with Crippen LogP contribution in [0.1, 0.15) is 30.1 Å². The third-order valence-corrected chi connectivity index (χ3v) is 4.67. The zero-order chi connectivity index (χ0) is 15.8. The Morgan fingerprint density at radius 3 is 2.61 bits per heavy atom. The molecule has 0 saturated carbocycles. The van der Waals surface area contributed by atoms with Crippen molar-refractivity contribution in [2.45, 2.75) is 25.3 Å². The third-order valence-electron chi connectivity index (χ3n) is 4.67. The Labute approximate surface area is 134 Å². The molecule has 0 spiro atoms. The van der Waals surface area contributed by atoms with Crippen LogP contribution in [0, 0.1) is 0 Å². The highest BCUT2D eigenvalue weighted by Gasteiger charge is 2.31. The van der Waals surface area contributed by atoms with Crippen molar-refractivity contribution >= 4 is 22.6 Å². The van der Waals surface area contributed by atoms with Crippen LogP contribution in [0.25, 0.3) is 10.9 Å². The molecular formula is C19H19N3O. The molecule has 0 fully saturated rings. The van der Waals surface area contributed by atoms with Crippen LogP contribution in [0.15, 0.2) is 54.6 Å². The quantitative estimate of drug-likeness (QED) is 0.734. The monoisotopic (exact) mass is 305 g/mol. The summed E-state index contributed by atoms with van der Waals surface area (Å²) in [4.78, 5) is 17.4. The van der Waals surface area contributed by atoms with Crippen LogP contribution in [0.4, 0.5) is 10.5 Å². The highest BCUT2D eigenvalue weighted by atomic mass is 16.2. The first-order chi connectivity index (χ1) is 11.3. The highest BCUT2D eigenvalue weighted by Crippen LogP contribution is 2.39. The van der Waals surface area contributed by atoms with Gasteiger partial charge in [0.05, 0.1) is 6.04 Å². The Balaban J connectivity index is 1.85. The van der Waals surface area contributed by atoms with Gasteiger partial charge in [0, 0.05) is 22.3 Å². The minimum Gasteiger partial charge on any atom is -0.356 e. The molecule has 1 unspecified atom stereocenters. The molecule has 1 aromatic heterocycles. The predicted molar refractivity (Wildman–Crippen MR) is 92.5 cm³/mol. The maximum atomic E-state index is 12.2. The number of benzene rings is 2. The lowest BCUT2D eigenvalue weighted by atomic mass is 9.90. The molecule has 4 rings (SSSR count). The van der Waals surface area contributed by atoms with Crippen molar-refractivity contribution in [3.05, 3.63) is 65.9 Å². The van der Waals surface area contributed by atoms with Gasteiger partial charge in [-0.25, -0.2) is 4.79 Å². The fraction of sp³-hybridized carbons (Fsp3) is 0.211. The highest BCUT2D eigenvalue weighted by molar-refractivity contribution is 5.92. The van der Waals surface area contributed by atoms with Gasteiger partial charge in [-0.05, 0) is 43.0 Å². The van der Waals surface area contributed by atoms with E-state index in [2.05, 4.69) is 23.2 Å². The molecule has 1 aliphatic rings. The maximum absolute atomic E-state index is 12.2. The Hall–Kier alpha value is -2.75. The minimum atomic E-state index is -0.410. The van der Waals surface area contributed by atoms with Crippen LogP contribution in [-0.4, -0.2) is 11.0 Å². The zero-order valence-corrected chi connectivity index (χ0v) is 12.8. The number of hydrogen-bond acceptors (Lipinski definition) is 1. The topological polar surface area (TPSA) is 62.1 Å². The molecule has 116 valence electrons. The number of para-hydroxylation sites is 2. The SMILES string of the molecule is NC(=O)N(c1ccccc1)C1CCCc2c1[nH]c1ccccc21. The predicted octanol–water partition coefficient (Wildman–Crippen LogP) is 4.13. The molecule has 4 nitrogen and oxygen atoms in total. The number of nitrogens with zero attached hydrogens (tertiary/aromatic N) is 1. The number of primary amides is 1. The van der Waals surface area contributed by atoms with Crippen molar-refractivity contribution in [2.75, 3.05) is 4.90 Å². The molecule has 0 radical (unpaired) electrons. The van der Waals surface area contributed by atoms with Crippen molar-refractivity contribution < 1.29 is 4.79 Å². The Kier molecular flexibility index (Phi) is 3.30. The number of aromatic amines is 1. The Morgan fingerprint density at radius 1 is 1.09 bits per heavy atom. The maximum Gasteiger partial charge on any atom is 0.319 e. The van der Waals surface area contributed by atoms with E-state index in [1.54, 1.807) is 4.90 Å². The number of hydrogen-bond donors (Lipinski definition) is 2. The van der Waals surface area contributed by atoms with Crippen LogP contribution < -0.4 is 10.6 Å². The molecule has 2 aromatic carbocycles. The first kappa shape index (κ1) is 13.9. The van der Waals surface area contributed by atoms with Gasteiger partial charge in [0.25, 0.3) is 0 Å².